The fourth-order valence-corrected chi connectivity index (χ4v) is 2.73. The number of hydrogen-bond acceptors (Lipinski definition) is 5. The van der Waals surface area contributed by atoms with Gasteiger partial charge in [-0.15, -0.1) is 11.3 Å². The second-order valence-electron chi connectivity index (χ2n) is 3.96. The lowest BCUT2D eigenvalue weighted by Gasteiger charge is -2.15. The van der Waals surface area contributed by atoms with Crippen LogP contribution in [-0.4, -0.2) is 37.0 Å². The van der Waals surface area contributed by atoms with Crippen molar-refractivity contribution in [2.24, 2.45) is 5.92 Å². The van der Waals surface area contributed by atoms with E-state index >= 15 is 0 Å². The van der Waals surface area contributed by atoms with E-state index in [2.05, 4.69) is 4.74 Å². The molecule has 1 aromatic rings. The molecule has 6 heteroatoms. The summed E-state index contributed by atoms with van der Waals surface area (Å²) in [4.78, 5) is 25.7. The van der Waals surface area contributed by atoms with Gasteiger partial charge in [0.1, 0.15) is 4.88 Å². The van der Waals surface area contributed by atoms with E-state index < -0.39 is 0 Å². The Kier molecular flexibility index (Phi) is 3.33. The van der Waals surface area contributed by atoms with Crippen molar-refractivity contribution in [1.29, 1.82) is 0 Å². The highest BCUT2D eigenvalue weighted by Crippen LogP contribution is 2.25. The van der Waals surface area contributed by atoms with Crippen LogP contribution in [-0.2, 0) is 9.53 Å². The Labute approximate surface area is 103 Å². The van der Waals surface area contributed by atoms with Gasteiger partial charge in [-0.3, -0.25) is 9.59 Å². The molecule has 92 valence electrons. The van der Waals surface area contributed by atoms with Gasteiger partial charge in [-0.2, -0.15) is 0 Å². The number of nitrogens with two attached hydrogens (primary N) is 1. The Morgan fingerprint density at radius 2 is 2.35 bits per heavy atom. The Bertz CT molecular complexity index is 444. The average Bonchev–Trinajstić information content (AvgIpc) is 2.95. The summed E-state index contributed by atoms with van der Waals surface area (Å²) in [5.41, 5.74) is 6.20. The van der Waals surface area contributed by atoms with E-state index in [9.17, 15) is 9.59 Å². The summed E-state index contributed by atoms with van der Waals surface area (Å²) in [6, 6.07) is 1.71. The first-order valence-corrected chi connectivity index (χ1v) is 6.21. The number of methoxy groups -OCH3 is 1. The second kappa shape index (κ2) is 4.75. The molecular formula is C11H14N2O3S. The number of esters is 1. The molecule has 1 amide bonds. The third-order valence-corrected chi connectivity index (χ3v) is 3.82. The third-order valence-electron chi connectivity index (χ3n) is 2.90. The summed E-state index contributed by atoms with van der Waals surface area (Å²) < 4.78 is 4.68. The van der Waals surface area contributed by atoms with Crippen LogP contribution in [0.3, 0.4) is 0 Å². The number of nitrogen functional groups attached to an aromatic ring is 1. The number of carbonyl (C=O) groups excluding carboxylic acids is 2. The standard InChI is InChI=1S/C11H14N2O3S/c1-16-11(15)7-2-4-13(6-7)10(14)9-8(12)3-5-17-9/h3,5,7H,2,4,6,12H2,1H3. The van der Waals surface area contributed by atoms with Crippen molar-refractivity contribution in [3.63, 3.8) is 0 Å². The van der Waals surface area contributed by atoms with Crippen LogP contribution in [0.5, 0.6) is 0 Å². The largest absolute Gasteiger partial charge is 0.469 e. The highest BCUT2D eigenvalue weighted by molar-refractivity contribution is 7.12. The maximum absolute atomic E-state index is 12.1. The van der Waals surface area contributed by atoms with Crippen molar-refractivity contribution in [3.8, 4) is 0 Å². The molecular weight excluding hydrogens is 240 g/mol. The van der Waals surface area contributed by atoms with Gasteiger partial charge < -0.3 is 15.4 Å². The molecule has 2 heterocycles. The van der Waals surface area contributed by atoms with Gasteiger partial charge in [-0.05, 0) is 17.9 Å². The molecule has 1 unspecified atom stereocenters. The first kappa shape index (κ1) is 11.9. The molecule has 2 N–H and O–H groups in total. The van der Waals surface area contributed by atoms with Gasteiger partial charge in [0.25, 0.3) is 5.91 Å². The molecule has 1 fully saturated rings. The highest BCUT2D eigenvalue weighted by Gasteiger charge is 2.32. The van der Waals surface area contributed by atoms with Crippen molar-refractivity contribution < 1.29 is 14.3 Å². The van der Waals surface area contributed by atoms with Gasteiger partial charge >= 0.3 is 5.97 Å². The van der Waals surface area contributed by atoms with E-state index in [-0.39, 0.29) is 17.8 Å². The number of rotatable bonds is 2. The normalized spacial score (nSPS) is 19.4. The van der Waals surface area contributed by atoms with E-state index in [4.69, 9.17) is 5.73 Å². The fourth-order valence-electron chi connectivity index (χ4n) is 1.94. The fraction of sp³-hybridized carbons (Fsp3) is 0.455. The lowest BCUT2D eigenvalue weighted by Crippen LogP contribution is -2.30. The Balaban J connectivity index is 2.04. The van der Waals surface area contributed by atoms with Crippen LogP contribution in [0.15, 0.2) is 11.4 Å². The van der Waals surface area contributed by atoms with Crippen LogP contribution in [0, 0.1) is 5.92 Å². The SMILES string of the molecule is COC(=O)C1CCN(C(=O)c2sccc2N)C1. The van der Waals surface area contributed by atoms with Gasteiger partial charge in [-0.25, -0.2) is 0 Å². The number of likely N-dealkylation sites (tertiary alicyclic amines) is 1. The van der Waals surface area contributed by atoms with Crippen LogP contribution in [0.2, 0.25) is 0 Å². The van der Waals surface area contributed by atoms with E-state index in [0.29, 0.717) is 30.1 Å². The van der Waals surface area contributed by atoms with Gasteiger partial charge in [-0.1, -0.05) is 0 Å². The smallest absolute Gasteiger partial charge is 0.310 e. The molecule has 1 saturated heterocycles. The molecule has 1 aliphatic heterocycles. The topological polar surface area (TPSA) is 72.6 Å². The van der Waals surface area contributed by atoms with Crippen LogP contribution in [0.25, 0.3) is 0 Å². The van der Waals surface area contributed by atoms with Crippen molar-refractivity contribution in [1.82, 2.24) is 4.90 Å². The Hall–Kier alpha value is -1.56. The number of thiophene rings is 1. The summed E-state index contributed by atoms with van der Waals surface area (Å²) in [7, 11) is 1.37. The molecule has 0 bridgehead atoms. The lowest BCUT2D eigenvalue weighted by molar-refractivity contribution is -0.144. The summed E-state index contributed by atoms with van der Waals surface area (Å²) in [5.74, 6) is -0.548. The third kappa shape index (κ3) is 2.26. The predicted octanol–water partition coefficient (Wildman–Crippen LogP) is 0.965. The first-order valence-electron chi connectivity index (χ1n) is 5.33. The summed E-state index contributed by atoms with van der Waals surface area (Å²) in [6.45, 7) is 0.999. The zero-order valence-electron chi connectivity index (χ0n) is 9.51. The molecule has 0 spiro atoms. The lowest BCUT2D eigenvalue weighted by atomic mass is 10.1. The van der Waals surface area contributed by atoms with E-state index in [1.807, 2.05) is 0 Å². The number of hydrogen-bond donors (Lipinski definition) is 1. The first-order chi connectivity index (χ1) is 8.13. The number of ether oxygens (including phenoxy) is 1. The molecule has 1 aliphatic rings. The molecule has 1 aromatic heterocycles. The average molecular weight is 254 g/mol. The molecule has 0 aromatic carbocycles. The van der Waals surface area contributed by atoms with Gasteiger partial charge in [0, 0.05) is 13.1 Å². The number of nitrogens with zero attached hydrogens (tertiary/aromatic N) is 1. The zero-order chi connectivity index (χ0) is 12.4. The minimum atomic E-state index is -0.251. The molecule has 2 rings (SSSR count). The number of carbonyl (C=O) groups is 2. The zero-order valence-corrected chi connectivity index (χ0v) is 10.3. The van der Waals surface area contributed by atoms with Gasteiger partial charge in [0.2, 0.25) is 0 Å². The van der Waals surface area contributed by atoms with E-state index in [1.54, 1.807) is 16.3 Å². The molecule has 0 saturated carbocycles. The molecule has 0 aliphatic carbocycles. The molecule has 0 radical (unpaired) electrons. The monoisotopic (exact) mass is 254 g/mol. The van der Waals surface area contributed by atoms with E-state index in [0.717, 1.165) is 0 Å². The summed E-state index contributed by atoms with van der Waals surface area (Å²) in [6.07, 6.45) is 0.656. The van der Waals surface area contributed by atoms with Crippen LogP contribution in [0.1, 0.15) is 16.1 Å². The van der Waals surface area contributed by atoms with Crippen molar-refractivity contribution >= 4 is 28.9 Å². The summed E-state index contributed by atoms with van der Waals surface area (Å²) in [5, 5.41) is 1.79. The van der Waals surface area contributed by atoms with Gasteiger partial charge in [0.05, 0.1) is 18.7 Å². The molecule has 17 heavy (non-hydrogen) atoms. The quantitative estimate of drug-likeness (QED) is 0.798. The maximum atomic E-state index is 12.1. The highest BCUT2D eigenvalue weighted by atomic mass is 32.1. The molecule has 1 atom stereocenters. The van der Waals surface area contributed by atoms with Crippen molar-refractivity contribution in [3.05, 3.63) is 16.3 Å². The van der Waals surface area contributed by atoms with E-state index in [1.165, 1.54) is 18.4 Å². The summed E-state index contributed by atoms with van der Waals surface area (Å²) >= 11 is 1.33. The Morgan fingerprint density at radius 1 is 1.59 bits per heavy atom. The van der Waals surface area contributed by atoms with Crippen LogP contribution in [0.4, 0.5) is 5.69 Å². The number of anilines is 1. The van der Waals surface area contributed by atoms with Crippen molar-refractivity contribution in [2.75, 3.05) is 25.9 Å². The maximum Gasteiger partial charge on any atom is 0.310 e. The van der Waals surface area contributed by atoms with Crippen molar-refractivity contribution in [2.45, 2.75) is 6.42 Å². The van der Waals surface area contributed by atoms with Gasteiger partial charge in [0.15, 0.2) is 0 Å². The predicted molar refractivity (Wildman–Crippen MR) is 64.8 cm³/mol. The van der Waals surface area contributed by atoms with Crippen LogP contribution >= 0.6 is 11.3 Å². The van der Waals surface area contributed by atoms with Crippen LogP contribution < -0.4 is 5.73 Å². The second-order valence-corrected chi connectivity index (χ2v) is 4.88. The minimum Gasteiger partial charge on any atom is -0.469 e. The molecule has 5 nitrogen and oxygen atoms in total. The minimum absolute atomic E-state index is 0.0936. The Morgan fingerprint density at radius 3 is 2.94 bits per heavy atom. The number of amides is 1.